The van der Waals surface area contributed by atoms with Crippen molar-refractivity contribution >= 4 is 11.6 Å². The normalized spacial score (nSPS) is 13.7. The molecule has 0 aliphatic carbocycles. The summed E-state index contributed by atoms with van der Waals surface area (Å²) in [5.74, 6) is -0.0632. The highest BCUT2D eigenvalue weighted by atomic mass is 16.1. The Morgan fingerprint density at radius 3 is 2.89 bits per heavy atom. The minimum absolute atomic E-state index is 0.0632. The highest BCUT2D eigenvalue weighted by molar-refractivity contribution is 6.05. The summed E-state index contributed by atoms with van der Waals surface area (Å²) < 4.78 is 0. The number of rotatable bonds is 2. The lowest BCUT2D eigenvalue weighted by atomic mass is 9.95. The lowest BCUT2D eigenvalue weighted by molar-refractivity contribution is 0.102. The molecular formula is C15H15N3O. The van der Waals surface area contributed by atoms with Gasteiger partial charge in [-0.15, -0.1) is 0 Å². The van der Waals surface area contributed by atoms with Crippen LogP contribution in [0.25, 0.3) is 0 Å². The van der Waals surface area contributed by atoms with Crippen LogP contribution in [0.3, 0.4) is 0 Å². The van der Waals surface area contributed by atoms with Crippen molar-refractivity contribution in [3.63, 3.8) is 0 Å². The van der Waals surface area contributed by atoms with Crippen LogP contribution in [0.4, 0.5) is 5.69 Å². The smallest absolute Gasteiger partial charge is 0.256 e. The second kappa shape index (κ2) is 5.20. The second-order valence-corrected chi connectivity index (χ2v) is 4.56. The Morgan fingerprint density at radius 2 is 2.05 bits per heavy atom. The molecule has 1 aliphatic rings. The van der Waals surface area contributed by atoms with Gasteiger partial charge < -0.3 is 10.6 Å². The maximum Gasteiger partial charge on any atom is 0.256 e. The number of nitrogens with zero attached hydrogens (tertiary/aromatic N) is 1. The van der Waals surface area contributed by atoms with Crippen molar-refractivity contribution in [2.24, 2.45) is 0 Å². The summed E-state index contributed by atoms with van der Waals surface area (Å²) in [6.45, 7) is 1.73. The van der Waals surface area contributed by atoms with E-state index in [1.54, 1.807) is 24.5 Å². The molecule has 4 heteroatoms. The predicted octanol–water partition coefficient (Wildman–Crippen LogP) is 1.98. The molecule has 0 saturated heterocycles. The number of carbonyl (C=O) groups excluding carboxylic acids is 1. The van der Waals surface area contributed by atoms with Crippen LogP contribution in [0.5, 0.6) is 0 Å². The predicted molar refractivity (Wildman–Crippen MR) is 74.0 cm³/mol. The molecule has 1 aliphatic heterocycles. The molecule has 0 spiro atoms. The Balaban J connectivity index is 1.88. The van der Waals surface area contributed by atoms with Crippen molar-refractivity contribution in [1.82, 2.24) is 10.3 Å². The molecule has 0 unspecified atom stereocenters. The summed E-state index contributed by atoms with van der Waals surface area (Å²) in [5.41, 5.74) is 3.89. The van der Waals surface area contributed by atoms with Gasteiger partial charge in [-0.05, 0) is 42.3 Å². The van der Waals surface area contributed by atoms with Gasteiger partial charge in [0.05, 0.1) is 0 Å². The van der Waals surface area contributed by atoms with E-state index >= 15 is 0 Å². The molecule has 0 bridgehead atoms. The Labute approximate surface area is 111 Å². The van der Waals surface area contributed by atoms with E-state index in [1.165, 1.54) is 5.56 Å². The number of nitrogens with one attached hydrogen (secondary N) is 2. The van der Waals surface area contributed by atoms with Crippen molar-refractivity contribution in [1.29, 1.82) is 0 Å². The molecule has 1 aromatic carbocycles. The number of amides is 1. The number of fused-ring (bicyclic) bond motifs is 1. The first-order valence-corrected chi connectivity index (χ1v) is 6.37. The van der Waals surface area contributed by atoms with Crippen molar-refractivity contribution < 1.29 is 4.79 Å². The number of anilines is 1. The lowest BCUT2D eigenvalue weighted by Crippen LogP contribution is -2.27. The molecule has 0 fully saturated rings. The van der Waals surface area contributed by atoms with E-state index in [2.05, 4.69) is 21.7 Å². The Morgan fingerprint density at radius 1 is 1.21 bits per heavy atom. The molecule has 3 rings (SSSR count). The first-order valence-electron chi connectivity index (χ1n) is 6.37. The van der Waals surface area contributed by atoms with Gasteiger partial charge in [0, 0.05) is 30.2 Å². The van der Waals surface area contributed by atoms with E-state index in [9.17, 15) is 4.79 Å². The van der Waals surface area contributed by atoms with Gasteiger partial charge in [0.2, 0.25) is 0 Å². The molecule has 2 N–H and O–H groups in total. The third kappa shape index (κ3) is 2.48. The zero-order valence-corrected chi connectivity index (χ0v) is 10.5. The number of benzene rings is 1. The van der Waals surface area contributed by atoms with Crippen LogP contribution in [-0.4, -0.2) is 17.4 Å². The van der Waals surface area contributed by atoms with E-state index in [0.717, 1.165) is 36.3 Å². The molecule has 0 saturated carbocycles. The minimum atomic E-state index is -0.0632. The molecule has 19 heavy (non-hydrogen) atoms. The fraction of sp³-hybridized carbons (Fsp3) is 0.200. The highest BCUT2D eigenvalue weighted by Crippen LogP contribution is 2.19. The summed E-state index contributed by atoms with van der Waals surface area (Å²) in [7, 11) is 0. The summed E-state index contributed by atoms with van der Waals surface area (Å²) in [6.07, 6.45) is 4.31. The monoisotopic (exact) mass is 253 g/mol. The van der Waals surface area contributed by atoms with Gasteiger partial charge in [-0.1, -0.05) is 12.1 Å². The van der Waals surface area contributed by atoms with Crippen LogP contribution in [0.15, 0.2) is 42.7 Å². The van der Waals surface area contributed by atoms with Gasteiger partial charge in [0.15, 0.2) is 0 Å². The van der Waals surface area contributed by atoms with Gasteiger partial charge in [-0.3, -0.25) is 9.78 Å². The quantitative estimate of drug-likeness (QED) is 0.860. The Kier molecular flexibility index (Phi) is 3.25. The highest BCUT2D eigenvalue weighted by Gasteiger charge is 2.17. The van der Waals surface area contributed by atoms with Gasteiger partial charge >= 0.3 is 0 Å². The molecule has 2 heterocycles. The van der Waals surface area contributed by atoms with Crippen LogP contribution in [0.1, 0.15) is 21.5 Å². The van der Waals surface area contributed by atoms with Crippen LogP contribution < -0.4 is 10.6 Å². The zero-order valence-electron chi connectivity index (χ0n) is 10.5. The first-order chi connectivity index (χ1) is 9.34. The van der Waals surface area contributed by atoms with Gasteiger partial charge in [-0.25, -0.2) is 0 Å². The average molecular weight is 253 g/mol. The number of hydrogen-bond donors (Lipinski definition) is 2. The van der Waals surface area contributed by atoms with Crippen molar-refractivity contribution in [3.05, 3.63) is 59.4 Å². The zero-order chi connectivity index (χ0) is 13.1. The number of aromatic nitrogens is 1. The number of hydrogen-bond acceptors (Lipinski definition) is 3. The van der Waals surface area contributed by atoms with Gasteiger partial charge in [0.1, 0.15) is 0 Å². The molecule has 0 atom stereocenters. The Hall–Kier alpha value is -2.20. The molecular weight excluding hydrogens is 238 g/mol. The molecule has 1 amide bonds. The number of pyridine rings is 1. The standard InChI is InChI=1S/C15H15N3O/c19-15(18-12-5-8-16-9-6-12)13-3-1-2-11-4-7-17-10-14(11)13/h1-3,5-6,8-9,17H,4,7,10H2,(H,16,18,19). The van der Waals surface area contributed by atoms with Crippen molar-refractivity contribution in [2.45, 2.75) is 13.0 Å². The summed E-state index contributed by atoms with van der Waals surface area (Å²) in [6, 6.07) is 9.49. The fourth-order valence-corrected chi connectivity index (χ4v) is 2.36. The fourth-order valence-electron chi connectivity index (χ4n) is 2.36. The van der Waals surface area contributed by atoms with E-state index in [0.29, 0.717) is 0 Å². The maximum atomic E-state index is 12.3. The molecule has 2 aromatic rings. The van der Waals surface area contributed by atoms with Crippen molar-refractivity contribution in [3.8, 4) is 0 Å². The summed E-state index contributed by atoms with van der Waals surface area (Å²) >= 11 is 0. The van der Waals surface area contributed by atoms with E-state index in [1.807, 2.05) is 12.1 Å². The maximum absolute atomic E-state index is 12.3. The third-order valence-corrected chi connectivity index (χ3v) is 3.33. The van der Waals surface area contributed by atoms with Gasteiger partial charge in [0.25, 0.3) is 5.91 Å². The van der Waals surface area contributed by atoms with E-state index in [-0.39, 0.29) is 5.91 Å². The minimum Gasteiger partial charge on any atom is -0.322 e. The Bertz CT molecular complexity index is 596. The third-order valence-electron chi connectivity index (χ3n) is 3.33. The van der Waals surface area contributed by atoms with E-state index < -0.39 is 0 Å². The molecule has 1 aromatic heterocycles. The summed E-state index contributed by atoms with van der Waals surface area (Å²) in [5, 5.41) is 6.21. The first kappa shape index (κ1) is 11.9. The van der Waals surface area contributed by atoms with Crippen LogP contribution in [0, 0.1) is 0 Å². The van der Waals surface area contributed by atoms with Crippen LogP contribution in [0.2, 0.25) is 0 Å². The topological polar surface area (TPSA) is 54.0 Å². The van der Waals surface area contributed by atoms with Gasteiger partial charge in [-0.2, -0.15) is 0 Å². The number of carbonyl (C=O) groups is 1. The molecule has 4 nitrogen and oxygen atoms in total. The SMILES string of the molecule is O=C(Nc1ccncc1)c1cccc2c1CNCC2. The average Bonchev–Trinajstić information content (AvgIpc) is 2.47. The van der Waals surface area contributed by atoms with Crippen molar-refractivity contribution in [2.75, 3.05) is 11.9 Å². The van der Waals surface area contributed by atoms with E-state index in [4.69, 9.17) is 0 Å². The molecule has 96 valence electrons. The largest absolute Gasteiger partial charge is 0.322 e. The second-order valence-electron chi connectivity index (χ2n) is 4.56. The van der Waals surface area contributed by atoms with Crippen LogP contribution >= 0.6 is 0 Å². The molecule has 0 radical (unpaired) electrons. The lowest BCUT2D eigenvalue weighted by Gasteiger charge is -2.19. The summed E-state index contributed by atoms with van der Waals surface area (Å²) in [4.78, 5) is 16.3. The van der Waals surface area contributed by atoms with Crippen LogP contribution in [-0.2, 0) is 13.0 Å².